The zero-order valence-electron chi connectivity index (χ0n) is 13.2. The van der Waals surface area contributed by atoms with Crippen molar-refractivity contribution in [3.63, 3.8) is 0 Å². The van der Waals surface area contributed by atoms with E-state index in [2.05, 4.69) is 10.0 Å². The Hall–Kier alpha value is -2.18. The Morgan fingerprint density at radius 2 is 1.83 bits per heavy atom. The summed E-state index contributed by atoms with van der Waals surface area (Å²) in [5.41, 5.74) is 2.55. The van der Waals surface area contributed by atoms with E-state index in [-0.39, 0.29) is 11.4 Å². The van der Waals surface area contributed by atoms with Crippen molar-refractivity contribution < 1.29 is 13.2 Å². The molecule has 0 aliphatic carbocycles. The van der Waals surface area contributed by atoms with Gasteiger partial charge in [0.15, 0.2) is 0 Å². The van der Waals surface area contributed by atoms with Gasteiger partial charge in [0.05, 0.1) is 11.4 Å². The average molecular weight is 332 g/mol. The molecule has 6 heteroatoms. The van der Waals surface area contributed by atoms with Gasteiger partial charge in [-0.1, -0.05) is 37.3 Å². The second-order valence-corrected chi connectivity index (χ2v) is 6.97. The number of nitrogens with one attached hydrogen (secondary N) is 2. The van der Waals surface area contributed by atoms with Gasteiger partial charge in [-0.15, -0.1) is 0 Å². The van der Waals surface area contributed by atoms with Crippen LogP contribution in [0.5, 0.6) is 0 Å². The molecule has 0 spiro atoms. The standard InChI is InChI=1S/C17H20N2O3S/c1-3-14-8-4-5-10-16(14)19-17(20)12-18-23(21,22)15-9-6-7-13(2)11-15/h4-11,18H,3,12H2,1-2H3,(H,19,20). The van der Waals surface area contributed by atoms with E-state index in [0.29, 0.717) is 5.69 Å². The molecular formula is C17H20N2O3S. The third kappa shape index (κ3) is 4.64. The Morgan fingerprint density at radius 3 is 2.52 bits per heavy atom. The maximum Gasteiger partial charge on any atom is 0.241 e. The molecule has 122 valence electrons. The van der Waals surface area contributed by atoms with Crippen molar-refractivity contribution in [1.82, 2.24) is 4.72 Å². The molecular weight excluding hydrogens is 312 g/mol. The Bertz CT molecular complexity index is 801. The summed E-state index contributed by atoms with van der Waals surface area (Å²) in [5, 5.41) is 2.73. The van der Waals surface area contributed by atoms with Crippen molar-refractivity contribution in [3.8, 4) is 0 Å². The molecule has 0 aromatic heterocycles. The van der Waals surface area contributed by atoms with Gasteiger partial charge < -0.3 is 5.32 Å². The second kappa shape index (κ2) is 7.39. The van der Waals surface area contributed by atoms with Gasteiger partial charge in [0, 0.05) is 5.69 Å². The molecule has 2 aromatic carbocycles. The Labute approximate surface area is 136 Å². The normalized spacial score (nSPS) is 11.2. The summed E-state index contributed by atoms with van der Waals surface area (Å²) in [7, 11) is -3.70. The topological polar surface area (TPSA) is 75.3 Å². The van der Waals surface area contributed by atoms with E-state index < -0.39 is 15.9 Å². The second-order valence-electron chi connectivity index (χ2n) is 5.20. The summed E-state index contributed by atoms with van der Waals surface area (Å²) in [4.78, 5) is 12.1. The summed E-state index contributed by atoms with van der Waals surface area (Å²) < 4.78 is 26.7. The maximum absolute atomic E-state index is 12.2. The number of para-hydroxylation sites is 1. The first-order chi connectivity index (χ1) is 10.9. The van der Waals surface area contributed by atoms with Crippen molar-refractivity contribution in [3.05, 3.63) is 59.7 Å². The largest absolute Gasteiger partial charge is 0.325 e. The number of sulfonamides is 1. The van der Waals surface area contributed by atoms with Gasteiger partial charge in [0.25, 0.3) is 0 Å². The van der Waals surface area contributed by atoms with Crippen molar-refractivity contribution in [1.29, 1.82) is 0 Å². The minimum absolute atomic E-state index is 0.152. The van der Waals surface area contributed by atoms with Crippen LogP contribution in [-0.4, -0.2) is 20.9 Å². The highest BCUT2D eigenvalue weighted by Crippen LogP contribution is 2.15. The van der Waals surface area contributed by atoms with Crippen molar-refractivity contribution >= 4 is 21.6 Å². The lowest BCUT2D eigenvalue weighted by molar-refractivity contribution is -0.115. The number of anilines is 1. The zero-order chi connectivity index (χ0) is 16.9. The summed E-state index contributed by atoms with van der Waals surface area (Å²) in [6.45, 7) is 3.49. The lowest BCUT2D eigenvalue weighted by atomic mass is 10.1. The first-order valence-corrected chi connectivity index (χ1v) is 8.85. The van der Waals surface area contributed by atoms with Gasteiger partial charge in [-0.2, -0.15) is 0 Å². The lowest BCUT2D eigenvalue weighted by Crippen LogP contribution is -2.33. The van der Waals surface area contributed by atoms with E-state index in [4.69, 9.17) is 0 Å². The number of hydrogen-bond acceptors (Lipinski definition) is 3. The number of hydrogen-bond donors (Lipinski definition) is 2. The molecule has 0 unspecified atom stereocenters. The molecule has 23 heavy (non-hydrogen) atoms. The minimum Gasteiger partial charge on any atom is -0.325 e. The molecule has 0 aliphatic heterocycles. The van der Waals surface area contributed by atoms with Gasteiger partial charge in [0.1, 0.15) is 0 Å². The van der Waals surface area contributed by atoms with Crippen LogP contribution >= 0.6 is 0 Å². The fourth-order valence-corrected chi connectivity index (χ4v) is 3.26. The van der Waals surface area contributed by atoms with Crippen LogP contribution in [0, 0.1) is 6.92 Å². The van der Waals surface area contributed by atoms with Crippen molar-refractivity contribution in [2.45, 2.75) is 25.2 Å². The number of benzene rings is 2. The number of amides is 1. The Kier molecular flexibility index (Phi) is 5.52. The number of carbonyl (C=O) groups excluding carboxylic acids is 1. The molecule has 0 saturated heterocycles. The van der Waals surface area contributed by atoms with Crippen molar-refractivity contribution in [2.24, 2.45) is 0 Å². The van der Waals surface area contributed by atoms with E-state index in [9.17, 15) is 13.2 Å². The molecule has 0 fully saturated rings. The summed E-state index contributed by atoms with van der Waals surface area (Å²) >= 11 is 0. The van der Waals surface area contributed by atoms with Gasteiger partial charge in [0.2, 0.25) is 15.9 Å². The van der Waals surface area contributed by atoms with E-state index in [0.717, 1.165) is 17.5 Å². The van der Waals surface area contributed by atoms with Crippen LogP contribution in [0.3, 0.4) is 0 Å². The summed E-state index contributed by atoms with van der Waals surface area (Å²) in [6.07, 6.45) is 0.783. The lowest BCUT2D eigenvalue weighted by Gasteiger charge is -2.11. The first kappa shape index (κ1) is 17.2. The number of aryl methyl sites for hydroxylation is 2. The molecule has 2 aromatic rings. The average Bonchev–Trinajstić information content (AvgIpc) is 2.53. The molecule has 2 rings (SSSR count). The minimum atomic E-state index is -3.70. The molecule has 1 amide bonds. The van der Waals surface area contributed by atoms with Gasteiger partial charge in [-0.25, -0.2) is 13.1 Å². The first-order valence-electron chi connectivity index (χ1n) is 7.36. The Balaban J connectivity index is 2.01. The quantitative estimate of drug-likeness (QED) is 0.853. The third-order valence-corrected chi connectivity index (χ3v) is 4.79. The predicted molar refractivity (Wildman–Crippen MR) is 90.8 cm³/mol. The SMILES string of the molecule is CCc1ccccc1NC(=O)CNS(=O)(=O)c1cccc(C)c1. The molecule has 0 atom stereocenters. The molecule has 0 aliphatic rings. The van der Waals surface area contributed by atoms with Crippen LogP contribution in [0.4, 0.5) is 5.69 Å². The highest BCUT2D eigenvalue weighted by atomic mass is 32.2. The molecule has 5 nitrogen and oxygen atoms in total. The zero-order valence-corrected chi connectivity index (χ0v) is 14.0. The highest BCUT2D eigenvalue weighted by molar-refractivity contribution is 7.89. The van der Waals surface area contributed by atoms with Gasteiger partial charge in [-0.05, 0) is 42.7 Å². The fraction of sp³-hybridized carbons (Fsp3) is 0.235. The molecule has 0 bridgehead atoms. The smallest absolute Gasteiger partial charge is 0.241 e. The van der Waals surface area contributed by atoms with Gasteiger partial charge in [-0.3, -0.25) is 4.79 Å². The summed E-state index contributed by atoms with van der Waals surface area (Å²) in [6, 6.07) is 14.0. The number of carbonyl (C=O) groups is 1. The van der Waals surface area contributed by atoms with E-state index in [1.165, 1.54) is 6.07 Å². The van der Waals surface area contributed by atoms with Crippen LogP contribution in [-0.2, 0) is 21.2 Å². The van der Waals surface area contributed by atoms with Crippen LogP contribution in [0.25, 0.3) is 0 Å². The van der Waals surface area contributed by atoms with Gasteiger partial charge >= 0.3 is 0 Å². The Morgan fingerprint density at radius 1 is 1.09 bits per heavy atom. The number of rotatable bonds is 6. The summed E-state index contributed by atoms with van der Waals surface area (Å²) in [5.74, 6) is -0.401. The highest BCUT2D eigenvalue weighted by Gasteiger charge is 2.15. The predicted octanol–water partition coefficient (Wildman–Crippen LogP) is 2.47. The van der Waals surface area contributed by atoms with Crippen molar-refractivity contribution in [2.75, 3.05) is 11.9 Å². The molecule has 2 N–H and O–H groups in total. The van der Waals surface area contributed by atoms with Crippen LogP contribution in [0.1, 0.15) is 18.1 Å². The fourth-order valence-electron chi connectivity index (χ4n) is 2.17. The molecule has 0 radical (unpaired) electrons. The molecule has 0 heterocycles. The molecule has 0 saturated carbocycles. The van der Waals surface area contributed by atoms with E-state index in [1.54, 1.807) is 18.2 Å². The third-order valence-electron chi connectivity index (χ3n) is 3.39. The van der Waals surface area contributed by atoms with Crippen LogP contribution < -0.4 is 10.0 Å². The maximum atomic E-state index is 12.2. The monoisotopic (exact) mass is 332 g/mol. The van der Waals surface area contributed by atoms with Crippen LogP contribution in [0.15, 0.2) is 53.4 Å². The van der Waals surface area contributed by atoms with E-state index >= 15 is 0 Å². The van der Waals surface area contributed by atoms with Crippen LogP contribution in [0.2, 0.25) is 0 Å². The van der Waals surface area contributed by atoms with E-state index in [1.807, 2.05) is 38.1 Å².